The largest absolute Gasteiger partial charge is 0.495 e. The smallest absolute Gasteiger partial charge is 0.240 e. The SMILES string of the molecule is CCOc1cc(CNS(=O)(=O)c2ccc(OC)c(Cl)c2)ccc1OC. The molecule has 2 aromatic carbocycles. The van der Waals surface area contributed by atoms with Gasteiger partial charge in [-0.3, -0.25) is 0 Å². The highest BCUT2D eigenvalue weighted by atomic mass is 35.5. The van der Waals surface area contributed by atoms with Crippen LogP contribution < -0.4 is 18.9 Å². The molecule has 1 N–H and O–H groups in total. The number of sulfonamides is 1. The van der Waals surface area contributed by atoms with E-state index in [0.29, 0.717) is 23.9 Å². The predicted octanol–water partition coefficient (Wildman–Crippen LogP) is 3.23. The van der Waals surface area contributed by atoms with Crippen molar-refractivity contribution in [1.29, 1.82) is 0 Å². The second-order valence-corrected chi connectivity index (χ2v) is 7.21. The van der Waals surface area contributed by atoms with E-state index in [1.54, 1.807) is 25.3 Å². The fourth-order valence-corrected chi connectivity index (χ4v) is 3.54. The van der Waals surface area contributed by atoms with Crippen LogP contribution in [0.1, 0.15) is 12.5 Å². The summed E-state index contributed by atoms with van der Waals surface area (Å²) in [5.41, 5.74) is 0.743. The summed E-state index contributed by atoms with van der Waals surface area (Å²) >= 11 is 5.99. The molecule has 2 rings (SSSR count). The molecule has 0 spiro atoms. The van der Waals surface area contributed by atoms with Gasteiger partial charge >= 0.3 is 0 Å². The number of benzene rings is 2. The van der Waals surface area contributed by atoms with Gasteiger partial charge < -0.3 is 14.2 Å². The van der Waals surface area contributed by atoms with E-state index in [9.17, 15) is 8.42 Å². The van der Waals surface area contributed by atoms with Crippen LogP contribution in [-0.2, 0) is 16.6 Å². The van der Waals surface area contributed by atoms with Crippen LogP contribution in [0.25, 0.3) is 0 Å². The highest BCUT2D eigenvalue weighted by molar-refractivity contribution is 7.89. The summed E-state index contributed by atoms with van der Waals surface area (Å²) in [5.74, 6) is 1.57. The molecule has 2 aromatic rings. The summed E-state index contributed by atoms with van der Waals surface area (Å²) < 4.78 is 43.1. The molecule has 0 aliphatic rings. The van der Waals surface area contributed by atoms with Crippen LogP contribution in [0, 0.1) is 0 Å². The standard InChI is InChI=1S/C17H20ClNO5S/c1-4-24-17-9-12(5-7-16(17)23-3)11-19-25(20,21)13-6-8-15(22-2)14(18)10-13/h5-10,19H,4,11H2,1-3H3. The molecule has 0 aliphatic heterocycles. The average molecular weight is 386 g/mol. The second kappa shape index (κ2) is 8.42. The molecule has 0 radical (unpaired) electrons. The van der Waals surface area contributed by atoms with Crippen molar-refractivity contribution in [1.82, 2.24) is 4.72 Å². The Morgan fingerprint density at radius 3 is 2.28 bits per heavy atom. The van der Waals surface area contributed by atoms with Gasteiger partial charge in [-0.05, 0) is 42.8 Å². The normalized spacial score (nSPS) is 11.2. The van der Waals surface area contributed by atoms with E-state index in [4.69, 9.17) is 25.8 Å². The second-order valence-electron chi connectivity index (χ2n) is 5.04. The molecule has 0 aliphatic carbocycles. The van der Waals surface area contributed by atoms with Crippen LogP contribution in [-0.4, -0.2) is 29.2 Å². The van der Waals surface area contributed by atoms with Crippen molar-refractivity contribution in [2.75, 3.05) is 20.8 Å². The molecule has 0 unspecified atom stereocenters. The van der Waals surface area contributed by atoms with Crippen molar-refractivity contribution < 1.29 is 22.6 Å². The third kappa shape index (κ3) is 4.78. The molecule has 0 heterocycles. The van der Waals surface area contributed by atoms with Gasteiger partial charge in [-0.2, -0.15) is 0 Å². The number of ether oxygens (including phenoxy) is 3. The van der Waals surface area contributed by atoms with Crippen LogP contribution in [0.2, 0.25) is 5.02 Å². The van der Waals surface area contributed by atoms with Crippen molar-refractivity contribution in [3.63, 3.8) is 0 Å². The van der Waals surface area contributed by atoms with E-state index in [1.165, 1.54) is 25.3 Å². The maximum Gasteiger partial charge on any atom is 0.240 e. The Balaban J connectivity index is 2.16. The molecule has 8 heteroatoms. The number of rotatable bonds is 8. The van der Waals surface area contributed by atoms with E-state index >= 15 is 0 Å². The van der Waals surface area contributed by atoms with Gasteiger partial charge in [0.25, 0.3) is 0 Å². The lowest BCUT2D eigenvalue weighted by molar-refractivity contribution is 0.310. The van der Waals surface area contributed by atoms with Crippen LogP contribution in [0.5, 0.6) is 17.2 Å². The van der Waals surface area contributed by atoms with Gasteiger partial charge in [0.05, 0.1) is 30.7 Å². The fraction of sp³-hybridized carbons (Fsp3) is 0.294. The molecular weight excluding hydrogens is 366 g/mol. The Morgan fingerprint density at radius 1 is 1.00 bits per heavy atom. The van der Waals surface area contributed by atoms with Crippen molar-refractivity contribution in [3.8, 4) is 17.2 Å². The Bertz CT molecular complexity index is 839. The first kappa shape index (κ1) is 19.4. The maximum absolute atomic E-state index is 12.4. The molecule has 25 heavy (non-hydrogen) atoms. The summed E-state index contributed by atoms with van der Waals surface area (Å²) in [5, 5.41) is 0.230. The molecule has 0 atom stereocenters. The third-order valence-electron chi connectivity index (χ3n) is 3.43. The van der Waals surface area contributed by atoms with Crippen molar-refractivity contribution in [2.45, 2.75) is 18.4 Å². The summed E-state index contributed by atoms with van der Waals surface area (Å²) in [6.45, 7) is 2.45. The van der Waals surface area contributed by atoms with Crippen molar-refractivity contribution in [3.05, 3.63) is 47.0 Å². The lowest BCUT2D eigenvalue weighted by Crippen LogP contribution is -2.23. The van der Waals surface area contributed by atoms with Gasteiger partial charge in [0.2, 0.25) is 10.0 Å². The molecule has 0 amide bonds. The number of hydrogen-bond donors (Lipinski definition) is 1. The lowest BCUT2D eigenvalue weighted by atomic mass is 10.2. The molecule has 0 saturated heterocycles. The molecular formula is C17H20ClNO5S. The van der Waals surface area contributed by atoms with E-state index < -0.39 is 10.0 Å². The van der Waals surface area contributed by atoms with Gasteiger partial charge in [0.15, 0.2) is 11.5 Å². The fourth-order valence-electron chi connectivity index (χ4n) is 2.18. The van der Waals surface area contributed by atoms with Crippen molar-refractivity contribution in [2.24, 2.45) is 0 Å². The number of methoxy groups -OCH3 is 2. The first-order valence-corrected chi connectivity index (χ1v) is 9.40. The van der Waals surface area contributed by atoms with Crippen LogP contribution in [0.3, 0.4) is 0 Å². The zero-order valence-electron chi connectivity index (χ0n) is 14.2. The Kier molecular flexibility index (Phi) is 6.52. The molecule has 0 fully saturated rings. The first-order valence-electron chi connectivity index (χ1n) is 7.54. The summed E-state index contributed by atoms with van der Waals surface area (Å²) in [6.07, 6.45) is 0. The molecule has 136 valence electrons. The van der Waals surface area contributed by atoms with Crippen LogP contribution in [0.15, 0.2) is 41.3 Å². The number of hydrogen-bond acceptors (Lipinski definition) is 5. The van der Waals surface area contributed by atoms with E-state index in [0.717, 1.165) is 5.56 Å². The Morgan fingerprint density at radius 2 is 1.68 bits per heavy atom. The zero-order valence-corrected chi connectivity index (χ0v) is 15.8. The monoisotopic (exact) mass is 385 g/mol. The zero-order chi connectivity index (χ0) is 18.4. The predicted molar refractivity (Wildman–Crippen MR) is 96.2 cm³/mol. The first-order chi connectivity index (χ1) is 11.9. The summed E-state index contributed by atoms with van der Waals surface area (Å²) in [4.78, 5) is 0.0665. The van der Waals surface area contributed by atoms with E-state index in [2.05, 4.69) is 4.72 Å². The number of halogens is 1. The topological polar surface area (TPSA) is 73.9 Å². The average Bonchev–Trinajstić information content (AvgIpc) is 2.60. The Labute approximate surface area is 152 Å². The van der Waals surface area contributed by atoms with Crippen molar-refractivity contribution >= 4 is 21.6 Å². The molecule has 6 nitrogen and oxygen atoms in total. The van der Waals surface area contributed by atoms with Crippen LogP contribution in [0.4, 0.5) is 0 Å². The van der Waals surface area contributed by atoms with Gasteiger partial charge in [-0.25, -0.2) is 13.1 Å². The van der Waals surface area contributed by atoms with Crippen LogP contribution >= 0.6 is 11.6 Å². The minimum atomic E-state index is -3.71. The minimum absolute atomic E-state index is 0.0665. The summed E-state index contributed by atoms with van der Waals surface area (Å²) in [7, 11) is -0.694. The van der Waals surface area contributed by atoms with Gasteiger partial charge in [0, 0.05) is 6.54 Å². The lowest BCUT2D eigenvalue weighted by Gasteiger charge is -2.12. The van der Waals surface area contributed by atoms with E-state index in [-0.39, 0.29) is 16.5 Å². The van der Waals surface area contributed by atoms with E-state index in [1.807, 2.05) is 6.92 Å². The molecule has 0 bridgehead atoms. The summed E-state index contributed by atoms with van der Waals surface area (Å²) in [6, 6.07) is 9.54. The highest BCUT2D eigenvalue weighted by Crippen LogP contribution is 2.29. The molecule has 0 aromatic heterocycles. The highest BCUT2D eigenvalue weighted by Gasteiger charge is 2.16. The van der Waals surface area contributed by atoms with Gasteiger partial charge in [-0.15, -0.1) is 0 Å². The van der Waals surface area contributed by atoms with Gasteiger partial charge in [-0.1, -0.05) is 17.7 Å². The van der Waals surface area contributed by atoms with Gasteiger partial charge in [0.1, 0.15) is 5.75 Å². The number of nitrogens with one attached hydrogen (secondary N) is 1. The maximum atomic E-state index is 12.4. The minimum Gasteiger partial charge on any atom is -0.495 e. The third-order valence-corrected chi connectivity index (χ3v) is 5.12. The molecule has 0 saturated carbocycles. The quantitative estimate of drug-likeness (QED) is 0.755. The Hall–Kier alpha value is -1.96.